The largest absolute Gasteiger partial charge is 0.311 e. The molecule has 1 N–H and O–H groups in total. The van der Waals surface area contributed by atoms with Crippen LogP contribution in [-0.4, -0.2) is 52.3 Å². The Labute approximate surface area is 114 Å². The van der Waals surface area contributed by atoms with Crippen molar-refractivity contribution in [2.75, 3.05) is 25.1 Å². The lowest BCUT2D eigenvalue weighted by atomic mass is 9.95. The predicted molar refractivity (Wildman–Crippen MR) is 78.2 cm³/mol. The molecule has 2 fully saturated rings. The van der Waals surface area contributed by atoms with E-state index in [-0.39, 0.29) is 0 Å². The first-order valence-electron chi connectivity index (χ1n) is 7.28. The van der Waals surface area contributed by atoms with Crippen molar-refractivity contribution in [1.82, 2.24) is 10.2 Å². The fourth-order valence-electron chi connectivity index (χ4n) is 3.19. The molecule has 0 aromatic carbocycles. The first-order valence-corrected chi connectivity index (χ1v) is 9.01. The molecule has 0 aromatic rings. The van der Waals surface area contributed by atoms with Gasteiger partial charge in [-0.1, -0.05) is 13.8 Å². The van der Waals surface area contributed by atoms with E-state index in [4.69, 9.17) is 0 Å². The number of nitrogens with zero attached hydrogens (tertiary/aromatic N) is 1. The molecule has 4 heteroatoms. The number of nitrogens with one attached hydrogen (secondary N) is 1. The second kappa shape index (κ2) is 6.02. The summed E-state index contributed by atoms with van der Waals surface area (Å²) in [4.78, 5) is 2.62. The summed E-state index contributed by atoms with van der Waals surface area (Å²) in [7, 11) is -0.694. The Balaban J connectivity index is 2.01. The summed E-state index contributed by atoms with van der Waals surface area (Å²) in [5, 5.41) is 3.73. The van der Waals surface area contributed by atoms with E-state index in [9.17, 15) is 4.21 Å². The molecule has 1 saturated heterocycles. The maximum Gasteiger partial charge on any atom is 0.0385 e. The molecule has 0 bridgehead atoms. The standard InChI is InChI=1S/C14H28N2OS/c1-10(2)14-7-15-13(12-5-6-12)8-16(14)11(3)9-18(4)17/h10-15H,5-9H2,1-4H3. The molecule has 0 aromatic heterocycles. The van der Waals surface area contributed by atoms with Crippen LogP contribution in [0.1, 0.15) is 33.6 Å². The maximum atomic E-state index is 11.5. The number of hydrogen-bond acceptors (Lipinski definition) is 3. The van der Waals surface area contributed by atoms with E-state index in [0.29, 0.717) is 24.0 Å². The molecular weight excluding hydrogens is 244 g/mol. The van der Waals surface area contributed by atoms with Crippen LogP contribution in [0.15, 0.2) is 0 Å². The maximum absolute atomic E-state index is 11.5. The monoisotopic (exact) mass is 272 g/mol. The molecule has 4 unspecified atom stereocenters. The summed E-state index contributed by atoms with van der Waals surface area (Å²) in [6, 6.07) is 1.71. The number of rotatable bonds is 5. The zero-order chi connectivity index (χ0) is 13.3. The van der Waals surface area contributed by atoms with Crippen molar-refractivity contribution in [2.45, 2.75) is 51.7 Å². The van der Waals surface area contributed by atoms with Crippen molar-refractivity contribution in [2.24, 2.45) is 11.8 Å². The fourth-order valence-corrected chi connectivity index (χ4v) is 4.06. The summed E-state index contributed by atoms with van der Waals surface area (Å²) in [6.07, 6.45) is 4.61. The lowest BCUT2D eigenvalue weighted by Gasteiger charge is -2.45. The number of piperazine rings is 1. The minimum absolute atomic E-state index is 0.437. The van der Waals surface area contributed by atoms with Crippen molar-refractivity contribution < 1.29 is 4.21 Å². The van der Waals surface area contributed by atoms with Crippen molar-refractivity contribution in [3.8, 4) is 0 Å². The van der Waals surface area contributed by atoms with Gasteiger partial charge in [-0.05, 0) is 31.6 Å². The Morgan fingerprint density at radius 3 is 2.50 bits per heavy atom. The van der Waals surface area contributed by atoms with Gasteiger partial charge >= 0.3 is 0 Å². The zero-order valence-corrected chi connectivity index (χ0v) is 13.0. The quantitative estimate of drug-likeness (QED) is 0.822. The highest BCUT2D eigenvalue weighted by molar-refractivity contribution is 7.84. The van der Waals surface area contributed by atoms with Gasteiger partial charge in [-0.15, -0.1) is 0 Å². The van der Waals surface area contributed by atoms with Crippen molar-refractivity contribution >= 4 is 10.8 Å². The van der Waals surface area contributed by atoms with Gasteiger partial charge in [-0.2, -0.15) is 0 Å². The Morgan fingerprint density at radius 1 is 1.33 bits per heavy atom. The molecule has 1 aliphatic carbocycles. The van der Waals surface area contributed by atoms with Gasteiger partial charge in [0.05, 0.1) is 0 Å². The highest BCUT2D eigenvalue weighted by Crippen LogP contribution is 2.35. The fraction of sp³-hybridized carbons (Fsp3) is 1.00. The van der Waals surface area contributed by atoms with Crippen LogP contribution in [0.4, 0.5) is 0 Å². The van der Waals surface area contributed by atoms with Gasteiger partial charge in [0.1, 0.15) is 0 Å². The molecule has 1 saturated carbocycles. The third-order valence-corrected chi connectivity index (χ3v) is 5.38. The van der Waals surface area contributed by atoms with Crippen molar-refractivity contribution in [3.05, 3.63) is 0 Å². The molecule has 2 rings (SSSR count). The average Bonchev–Trinajstić information content (AvgIpc) is 3.10. The third kappa shape index (κ3) is 3.55. The molecule has 0 amide bonds. The van der Waals surface area contributed by atoms with Gasteiger partial charge in [0, 0.05) is 54.0 Å². The van der Waals surface area contributed by atoms with Crippen LogP contribution in [0, 0.1) is 11.8 Å². The average molecular weight is 272 g/mol. The van der Waals surface area contributed by atoms with Crippen LogP contribution >= 0.6 is 0 Å². The van der Waals surface area contributed by atoms with Gasteiger partial charge < -0.3 is 5.32 Å². The second-order valence-corrected chi connectivity index (χ2v) is 7.93. The molecule has 106 valence electrons. The minimum atomic E-state index is -0.694. The summed E-state index contributed by atoms with van der Waals surface area (Å²) in [5.41, 5.74) is 0. The molecule has 2 aliphatic rings. The Bertz CT molecular complexity index is 304. The number of hydrogen-bond donors (Lipinski definition) is 1. The predicted octanol–water partition coefficient (Wildman–Crippen LogP) is 1.46. The van der Waals surface area contributed by atoms with Gasteiger partial charge in [0.25, 0.3) is 0 Å². The van der Waals surface area contributed by atoms with Crippen LogP contribution in [0.25, 0.3) is 0 Å². The van der Waals surface area contributed by atoms with Crippen molar-refractivity contribution in [1.29, 1.82) is 0 Å². The van der Waals surface area contributed by atoms with E-state index in [0.717, 1.165) is 24.8 Å². The van der Waals surface area contributed by atoms with Crippen LogP contribution in [0.5, 0.6) is 0 Å². The van der Waals surface area contributed by atoms with Gasteiger partial charge in [0.15, 0.2) is 0 Å². The summed E-state index contributed by atoms with van der Waals surface area (Å²) in [5.74, 6) is 2.37. The van der Waals surface area contributed by atoms with Gasteiger partial charge in [-0.3, -0.25) is 9.11 Å². The van der Waals surface area contributed by atoms with Crippen molar-refractivity contribution in [3.63, 3.8) is 0 Å². The van der Waals surface area contributed by atoms with E-state index in [1.165, 1.54) is 12.8 Å². The first-order chi connectivity index (χ1) is 8.49. The zero-order valence-electron chi connectivity index (χ0n) is 12.2. The third-order valence-electron chi connectivity index (χ3n) is 4.43. The SMILES string of the molecule is CC(C)C1CNC(C2CC2)CN1C(C)CS(C)=O. The Kier molecular flexibility index (Phi) is 4.84. The van der Waals surface area contributed by atoms with E-state index < -0.39 is 10.8 Å². The lowest BCUT2D eigenvalue weighted by molar-refractivity contribution is 0.0655. The molecule has 0 radical (unpaired) electrons. The van der Waals surface area contributed by atoms with Crippen LogP contribution < -0.4 is 5.32 Å². The highest BCUT2D eigenvalue weighted by atomic mass is 32.2. The molecule has 3 nitrogen and oxygen atoms in total. The van der Waals surface area contributed by atoms with Crippen LogP contribution in [-0.2, 0) is 10.8 Å². The summed E-state index contributed by atoms with van der Waals surface area (Å²) < 4.78 is 11.5. The Morgan fingerprint density at radius 2 is 2.00 bits per heavy atom. The van der Waals surface area contributed by atoms with Gasteiger partial charge in [-0.25, -0.2) is 0 Å². The topological polar surface area (TPSA) is 32.3 Å². The van der Waals surface area contributed by atoms with Crippen LogP contribution in [0.2, 0.25) is 0 Å². The molecule has 18 heavy (non-hydrogen) atoms. The van der Waals surface area contributed by atoms with Crippen LogP contribution in [0.3, 0.4) is 0 Å². The Hall–Kier alpha value is 0.0700. The van der Waals surface area contributed by atoms with E-state index in [2.05, 4.69) is 31.0 Å². The van der Waals surface area contributed by atoms with E-state index in [1.54, 1.807) is 0 Å². The first kappa shape index (κ1) is 14.5. The summed E-state index contributed by atoms with van der Waals surface area (Å²) in [6.45, 7) is 9.08. The smallest absolute Gasteiger partial charge is 0.0385 e. The molecule has 1 aliphatic heterocycles. The molecule has 0 spiro atoms. The van der Waals surface area contributed by atoms with E-state index >= 15 is 0 Å². The summed E-state index contributed by atoms with van der Waals surface area (Å²) >= 11 is 0. The molecular formula is C14H28N2OS. The van der Waals surface area contributed by atoms with E-state index in [1.807, 2.05) is 6.26 Å². The molecule has 4 atom stereocenters. The highest BCUT2D eigenvalue weighted by Gasteiger charge is 2.39. The minimum Gasteiger partial charge on any atom is -0.311 e. The second-order valence-electron chi connectivity index (χ2n) is 6.45. The van der Waals surface area contributed by atoms with Gasteiger partial charge in [0.2, 0.25) is 0 Å². The molecule has 1 heterocycles. The normalized spacial score (nSPS) is 33.6. The lowest BCUT2D eigenvalue weighted by Crippen LogP contribution is -2.61.